The first-order valence-corrected chi connectivity index (χ1v) is 9.01. The first-order chi connectivity index (χ1) is 12.3. The lowest BCUT2D eigenvalue weighted by molar-refractivity contribution is 0.0395. The number of nitrogens with zero attached hydrogens (tertiary/aromatic N) is 5. The summed E-state index contributed by atoms with van der Waals surface area (Å²) in [6.45, 7) is 2.18. The predicted octanol–water partition coefficient (Wildman–Crippen LogP) is 3.23. The maximum atomic E-state index is 6.34. The van der Waals surface area contributed by atoms with E-state index in [9.17, 15) is 0 Å². The van der Waals surface area contributed by atoms with E-state index in [4.69, 9.17) is 21.4 Å². The van der Waals surface area contributed by atoms with Gasteiger partial charge in [0, 0.05) is 29.6 Å². The summed E-state index contributed by atoms with van der Waals surface area (Å²) in [4.78, 5) is 2.24. The zero-order valence-corrected chi connectivity index (χ0v) is 14.4. The summed E-state index contributed by atoms with van der Waals surface area (Å²) < 4.78 is 7.85. The second-order valence-electron chi connectivity index (χ2n) is 6.62. The Bertz CT molecular complexity index is 923. The predicted molar refractivity (Wildman–Crippen MR) is 95.1 cm³/mol. The molecule has 0 bridgehead atoms. The molecule has 1 atom stereocenters. The molecule has 3 heterocycles. The highest BCUT2D eigenvalue weighted by Crippen LogP contribution is 2.39. The molecule has 25 heavy (non-hydrogen) atoms. The van der Waals surface area contributed by atoms with E-state index in [1.165, 1.54) is 12.8 Å². The first kappa shape index (κ1) is 15.1. The minimum Gasteiger partial charge on any atom is -0.370 e. The number of fused-ring (bicyclic) bond motifs is 1. The highest BCUT2D eigenvalue weighted by Gasteiger charge is 2.30. The van der Waals surface area contributed by atoms with Crippen LogP contribution in [0.2, 0.25) is 5.02 Å². The Labute approximate surface area is 150 Å². The van der Waals surface area contributed by atoms with E-state index >= 15 is 0 Å². The highest BCUT2D eigenvalue weighted by molar-refractivity contribution is 6.31. The van der Waals surface area contributed by atoms with Crippen LogP contribution in [-0.4, -0.2) is 39.5 Å². The van der Waals surface area contributed by atoms with Gasteiger partial charge in [0.05, 0.1) is 6.61 Å². The van der Waals surface area contributed by atoms with Gasteiger partial charge in [0.2, 0.25) is 0 Å². The van der Waals surface area contributed by atoms with Gasteiger partial charge in [-0.3, -0.25) is 0 Å². The molecule has 2 fully saturated rings. The molecule has 1 aliphatic heterocycles. The van der Waals surface area contributed by atoms with Crippen molar-refractivity contribution in [3.8, 4) is 0 Å². The van der Waals surface area contributed by atoms with Crippen molar-refractivity contribution >= 4 is 23.1 Å². The Morgan fingerprint density at radius 2 is 1.96 bits per heavy atom. The minimum atomic E-state index is -0.0521. The molecule has 1 saturated carbocycles. The van der Waals surface area contributed by atoms with Crippen LogP contribution in [0.5, 0.6) is 0 Å². The molecule has 0 spiro atoms. The molecule has 1 unspecified atom stereocenters. The molecule has 2 aliphatic rings. The molecule has 0 amide bonds. The van der Waals surface area contributed by atoms with Crippen molar-refractivity contribution in [2.45, 2.75) is 24.9 Å². The zero-order chi connectivity index (χ0) is 16.8. The number of morpholine rings is 1. The van der Waals surface area contributed by atoms with E-state index in [0.29, 0.717) is 12.5 Å². The van der Waals surface area contributed by atoms with Crippen molar-refractivity contribution in [1.29, 1.82) is 0 Å². The third-order valence-corrected chi connectivity index (χ3v) is 5.20. The van der Waals surface area contributed by atoms with Gasteiger partial charge in [0.15, 0.2) is 11.5 Å². The summed E-state index contributed by atoms with van der Waals surface area (Å²) in [6, 6.07) is 11.9. The molecule has 6 nitrogen and oxygen atoms in total. The Balaban J connectivity index is 1.45. The van der Waals surface area contributed by atoms with Crippen LogP contribution < -0.4 is 4.90 Å². The average molecular weight is 356 g/mol. The van der Waals surface area contributed by atoms with Crippen molar-refractivity contribution in [2.24, 2.45) is 0 Å². The summed E-state index contributed by atoms with van der Waals surface area (Å²) in [6.07, 6.45) is 2.31. The van der Waals surface area contributed by atoms with Crippen molar-refractivity contribution in [3.05, 3.63) is 52.8 Å². The van der Waals surface area contributed by atoms with Crippen LogP contribution in [0.4, 0.5) is 5.82 Å². The molecule has 5 rings (SSSR count). The maximum Gasteiger partial charge on any atom is 0.178 e. The van der Waals surface area contributed by atoms with Crippen LogP contribution in [-0.2, 0) is 4.74 Å². The molecule has 1 aromatic carbocycles. The number of hydrogen-bond acceptors (Lipinski definition) is 5. The normalized spacial score (nSPS) is 21.0. The summed E-state index contributed by atoms with van der Waals surface area (Å²) in [5.74, 6) is 2.42. The fourth-order valence-corrected chi connectivity index (χ4v) is 3.60. The number of anilines is 1. The summed E-state index contributed by atoms with van der Waals surface area (Å²) >= 11 is 6.34. The van der Waals surface area contributed by atoms with E-state index in [1.807, 2.05) is 40.9 Å². The fraction of sp³-hybridized carbons (Fsp3) is 0.389. The fourth-order valence-electron chi connectivity index (χ4n) is 3.34. The molecular weight excluding hydrogens is 338 g/mol. The topological polar surface area (TPSA) is 55.6 Å². The lowest BCUT2D eigenvalue weighted by atomic mass is 10.1. The third kappa shape index (κ3) is 2.75. The summed E-state index contributed by atoms with van der Waals surface area (Å²) in [7, 11) is 0. The molecule has 2 aromatic heterocycles. The Morgan fingerprint density at radius 3 is 2.80 bits per heavy atom. The monoisotopic (exact) mass is 355 g/mol. The second-order valence-corrected chi connectivity index (χ2v) is 7.03. The second kappa shape index (κ2) is 5.97. The molecular formula is C18H18ClN5O. The van der Waals surface area contributed by atoms with Crippen LogP contribution in [0.25, 0.3) is 5.65 Å². The maximum absolute atomic E-state index is 6.34. The lowest BCUT2D eigenvalue weighted by Crippen LogP contribution is -2.39. The number of halogens is 1. The Kier molecular flexibility index (Phi) is 3.60. The van der Waals surface area contributed by atoms with Crippen LogP contribution in [0.15, 0.2) is 36.4 Å². The van der Waals surface area contributed by atoms with E-state index in [1.54, 1.807) is 0 Å². The Hall–Kier alpha value is -2.18. The number of aromatic nitrogens is 4. The van der Waals surface area contributed by atoms with Gasteiger partial charge in [-0.05, 0) is 31.0 Å². The van der Waals surface area contributed by atoms with Gasteiger partial charge in [0.1, 0.15) is 11.9 Å². The molecule has 7 heteroatoms. The standard InChI is InChI=1S/C18H18ClN5O/c19-14-4-2-1-3-13(14)15-11-23(9-10-25-15)17-8-7-16-20-21-18(12-5-6-12)24(16)22-17/h1-4,7-8,12,15H,5-6,9-11H2. The van der Waals surface area contributed by atoms with Crippen LogP contribution in [0, 0.1) is 0 Å². The third-order valence-electron chi connectivity index (χ3n) is 4.86. The highest BCUT2D eigenvalue weighted by atomic mass is 35.5. The number of benzene rings is 1. The molecule has 128 valence electrons. The lowest BCUT2D eigenvalue weighted by Gasteiger charge is -2.34. The van der Waals surface area contributed by atoms with Crippen molar-refractivity contribution in [1.82, 2.24) is 19.8 Å². The van der Waals surface area contributed by atoms with E-state index < -0.39 is 0 Å². The number of hydrogen-bond donors (Lipinski definition) is 0. The molecule has 1 aliphatic carbocycles. The molecule has 1 saturated heterocycles. The van der Waals surface area contributed by atoms with Gasteiger partial charge in [-0.1, -0.05) is 29.8 Å². The smallest absolute Gasteiger partial charge is 0.178 e. The first-order valence-electron chi connectivity index (χ1n) is 8.63. The quantitative estimate of drug-likeness (QED) is 0.722. The summed E-state index contributed by atoms with van der Waals surface area (Å²) in [5, 5.41) is 14.1. The van der Waals surface area contributed by atoms with Gasteiger partial charge in [-0.2, -0.15) is 4.52 Å². The minimum absolute atomic E-state index is 0.0521. The summed E-state index contributed by atoms with van der Waals surface area (Å²) in [5.41, 5.74) is 1.83. The SMILES string of the molecule is Clc1ccccc1C1CN(c2ccc3nnc(C4CC4)n3n2)CCO1. The van der Waals surface area contributed by atoms with Crippen LogP contribution >= 0.6 is 11.6 Å². The van der Waals surface area contributed by atoms with Crippen LogP contribution in [0.3, 0.4) is 0 Å². The molecule has 3 aromatic rings. The van der Waals surface area contributed by atoms with Gasteiger partial charge in [-0.15, -0.1) is 15.3 Å². The largest absolute Gasteiger partial charge is 0.370 e. The van der Waals surface area contributed by atoms with Crippen LogP contribution in [0.1, 0.15) is 36.3 Å². The van der Waals surface area contributed by atoms with E-state index in [-0.39, 0.29) is 6.10 Å². The number of ether oxygens (including phenoxy) is 1. The van der Waals surface area contributed by atoms with Gasteiger partial charge in [-0.25, -0.2) is 0 Å². The Morgan fingerprint density at radius 1 is 1.08 bits per heavy atom. The van der Waals surface area contributed by atoms with Crippen molar-refractivity contribution < 1.29 is 4.74 Å². The van der Waals surface area contributed by atoms with Crippen molar-refractivity contribution in [2.75, 3.05) is 24.6 Å². The van der Waals surface area contributed by atoms with Gasteiger partial charge >= 0.3 is 0 Å². The molecule has 0 radical (unpaired) electrons. The van der Waals surface area contributed by atoms with E-state index in [2.05, 4.69) is 15.1 Å². The number of rotatable bonds is 3. The molecule has 0 N–H and O–H groups in total. The van der Waals surface area contributed by atoms with Gasteiger partial charge < -0.3 is 9.64 Å². The van der Waals surface area contributed by atoms with Crippen molar-refractivity contribution in [3.63, 3.8) is 0 Å². The average Bonchev–Trinajstić information content (AvgIpc) is 3.41. The van der Waals surface area contributed by atoms with Gasteiger partial charge in [0.25, 0.3) is 0 Å². The van der Waals surface area contributed by atoms with E-state index in [0.717, 1.165) is 41.0 Å². The zero-order valence-electron chi connectivity index (χ0n) is 13.7.